The molecule has 138 valence electrons. The monoisotopic (exact) mass is 354 g/mol. The van der Waals surface area contributed by atoms with Crippen molar-refractivity contribution in [2.24, 2.45) is 4.99 Å². The third-order valence-corrected chi connectivity index (χ3v) is 4.43. The van der Waals surface area contributed by atoms with Crippen molar-refractivity contribution >= 4 is 23.1 Å². The Bertz CT molecular complexity index is 805. The molecule has 1 saturated heterocycles. The van der Waals surface area contributed by atoms with E-state index < -0.39 is 11.7 Å². The third-order valence-electron chi connectivity index (χ3n) is 4.43. The van der Waals surface area contributed by atoms with E-state index in [1.54, 1.807) is 11.1 Å². The number of fused-ring (bicyclic) bond motifs is 1. The maximum Gasteiger partial charge on any atom is 0.410 e. The summed E-state index contributed by atoms with van der Waals surface area (Å²) in [6, 6.07) is 13.8. The predicted octanol–water partition coefficient (Wildman–Crippen LogP) is 3.63. The van der Waals surface area contributed by atoms with Crippen LogP contribution in [0.5, 0.6) is 0 Å². The first kappa shape index (κ1) is 18.4. The van der Waals surface area contributed by atoms with Gasteiger partial charge in [0.05, 0.1) is 12.1 Å². The number of carbonyl (C=O) groups excluding carboxylic acids is 1. The van der Waals surface area contributed by atoms with E-state index in [2.05, 4.69) is 23.2 Å². The van der Waals surface area contributed by atoms with Crippen LogP contribution in [0.4, 0.5) is 4.79 Å². The Kier molecular flexibility index (Phi) is 5.28. The summed E-state index contributed by atoms with van der Waals surface area (Å²) < 4.78 is 5.43. The fourth-order valence-corrected chi connectivity index (χ4v) is 3.10. The average molecular weight is 354 g/mol. The molecule has 3 rings (SSSR count). The molecule has 0 aromatic heterocycles. The number of aliphatic hydroxyl groups is 1. The Hall–Kier alpha value is -2.40. The molecule has 0 aliphatic carbocycles. The highest BCUT2D eigenvalue weighted by Gasteiger charge is 2.32. The van der Waals surface area contributed by atoms with Gasteiger partial charge >= 0.3 is 6.09 Å². The van der Waals surface area contributed by atoms with Crippen molar-refractivity contribution in [3.05, 3.63) is 48.0 Å². The van der Waals surface area contributed by atoms with Crippen molar-refractivity contribution in [2.45, 2.75) is 44.9 Å². The molecule has 0 unspecified atom stereocenters. The summed E-state index contributed by atoms with van der Waals surface area (Å²) in [4.78, 5) is 18.5. The molecule has 1 aliphatic heterocycles. The molecule has 2 aromatic carbocycles. The van der Waals surface area contributed by atoms with Gasteiger partial charge in [-0.15, -0.1) is 0 Å². The zero-order chi connectivity index (χ0) is 18.7. The first-order valence-corrected chi connectivity index (χ1v) is 9.00. The molecule has 0 radical (unpaired) electrons. The molecule has 2 atom stereocenters. The van der Waals surface area contributed by atoms with Crippen molar-refractivity contribution in [1.29, 1.82) is 0 Å². The van der Waals surface area contributed by atoms with E-state index in [9.17, 15) is 9.90 Å². The number of amides is 1. The van der Waals surface area contributed by atoms with Gasteiger partial charge in [-0.25, -0.2) is 4.79 Å². The first-order chi connectivity index (χ1) is 12.3. The zero-order valence-corrected chi connectivity index (χ0v) is 15.6. The molecular weight excluding hydrogens is 328 g/mol. The van der Waals surface area contributed by atoms with Crippen LogP contribution in [0.25, 0.3) is 10.8 Å². The predicted molar refractivity (Wildman–Crippen MR) is 104 cm³/mol. The summed E-state index contributed by atoms with van der Waals surface area (Å²) in [6.07, 6.45) is 1.39. The summed E-state index contributed by atoms with van der Waals surface area (Å²) in [5.41, 5.74) is 0.471. The molecule has 5 heteroatoms. The number of benzene rings is 2. The lowest BCUT2D eigenvalue weighted by Gasteiger charge is -2.35. The number of carbonyl (C=O) groups is 1. The minimum absolute atomic E-state index is 0.352. The van der Waals surface area contributed by atoms with E-state index in [4.69, 9.17) is 4.74 Å². The quantitative estimate of drug-likeness (QED) is 0.838. The van der Waals surface area contributed by atoms with Gasteiger partial charge in [-0.2, -0.15) is 0 Å². The first-order valence-electron chi connectivity index (χ1n) is 9.00. The van der Waals surface area contributed by atoms with Gasteiger partial charge in [0.25, 0.3) is 0 Å². The van der Waals surface area contributed by atoms with Crippen LogP contribution in [-0.2, 0) is 4.74 Å². The summed E-state index contributed by atoms with van der Waals surface area (Å²) in [7, 11) is 0. The molecule has 5 nitrogen and oxygen atoms in total. The summed E-state index contributed by atoms with van der Waals surface area (Å²) in [6.45, 7) is 6.38. The molecule has 0 bridgehead atoms. The van der Waals surface area contributed by atoms with Gasteiger partial charge in [-0.05, 0) is 38.0 Å². The Labute approximate surface area is 154 Å². The lowest BCUT2D eigenvalue weighted by molar-refractivity contribution is 0.00525. The van der Waals surface area contributed by atoms with Gasteiger partial charge in [-0.3, -0.25) is 4.99 Å². The molecule has 26 heavy (non-hydrogen) atoms. The Morgan fingerprint density at radius 1 is 1.23 bits per heavy atom. The highest BCUT2D eigenvalue weighted by molar-refractivity contribution is 5.99. The normalized spacial score (nSPS) is 21.3. The van der Waals surface area contributed by atoms with Crippen LogP contribution in [0.2, 0.25) is 0 Å². The largest absolute Gasteiger partial charge is 0.444 e. The van der Waals surface area contributed by atoms with E-state index in [0.717, 1.165) is 16.3 Å². The van der Waals surface area contributed by atoms with E-state index in [1.807, 2.05) is 45.0 Å². The number of hydrogen-bond acceptors (Lipinski definition) is 4. The topological polar surface area (TPSA) is 62.1 Å². The SMILES string of the molecule is CC(C)(C)OC(=O)N1CC[C@H](O)[C@@H](N=Cc2cccc3ccccc23)C1. The highest BCUT2D eigenvalue weighted by atomic mass is 16.6. The molecule has 1 fully saturated rings. The number of ether oxygens (including phenoxy) is 1. The minimum atomic E-state index is -0.556. The number of aliphatic imine (C=N–C) groups is 1. The van der Waals surface area contributed by atoms with E-state index in [0.29, 0.717) is 19.5 Å². The van der Waals surface area contributed by atoms with Gasteiger partial charge in [0.1, 0.15) is 5.60 Å². The van der Waals surface area contributed by atoms with Crippen LogP contribution in [0.3, 0.4) is 0 Å². The Morgan fingerprint density at radius 3 is 2.73 bits per heavy atom. The van der Waals surface area contributed by atoms with Gasteiger partial charge in [0, 0.05) is 24.9 Å². The van der Waals surface area contributed by atoms with Crippen LogP contribution in [0.1, 0.15) is 32.8 Å². The van der Waals surface area contributed by atoms with E-state index in [-0.39, 0.29) is 12.1 Å². The number of piperidine rings is 1. The third kappa shape index (κ3) is 4.41. The van der Waals surface area contributed by atoms with Gasteiger partial charge in [-0.1, -0.05) is 42.5 Å². The Morgan fingerprint density at radius 2 is 1.96 bits per heavy atom. The standard InChI is InChI=1S/C21H26N2O3/c1-21(2,3)26-20(25)23-12-11-19(24)18(14-23)22-13-16-9-6-8-15-7-4-5-10-17(15)16/h4-10,13,18-19,24H,11-12,14H2,1-3H3/t18-,19-/m0/s1. The maximum absolute atomic E-state index is 12.3. The van der Waals surface area contributed by atoms with E-state index in [1.165, 1.54) is 0 Å². The number of aliphatic hydroxyl groups excluding tert-OH is 1. The Balaban J connectivity index is 1.75. The van der Waals surface area contributed by atoms with Crippen molar-refractivity contribution < 1.29 is 14.6 Å². The molecule has 2 aromatic rings. The van der Waals surface area contributed by atoms with Gasteiger partial charge in [0.15, 0.2) is 0 Å². The number of nitrogens with zero attached hydrogens (tertiary/aromatic N) is 2. The minimum Gasteiger partial charge on any atom is -0.444 e. The average Bonchev–Trinajstić information content (AvgIpc) is 2.59. The van der Waals surface area contributed by atoms with Crippen molar-refractivity contribution in [2.75, 3.05) is 13.1 Å². The van der Waals surface area contributed by atoms with Crippen molar-refractivity contribution in [3.8, 4) is 0 Å². The fourth-order valence-electron chi connectivity index (χ4n) is 3.10. The lowest BCUT2D eigenvalue weighted by Crippen LogP contribution is -2.49. The second kappa shape index (κ2) is 7.46. The lowest BCUT2D eigenvalue weighted by atomic mass is 10.0. The maximum atomic E-state index is 12.3. The summed E-state index contributed by atoms with van der Waals surface area (Å²) in [5.74, 6) is 0. The smallest absolute Gasteiger partial charge is 0.410 e. The van der Waals surface area contributed by atoms with Crippen molar-refractivity contribution in [3.63, 3.8) is 0 Å². The fraction of sp³-hybridized carbons (Fsp3) is 0.429. The molecule has 0 spiro atoms. The van der Waals surface area contributed by atoms with E-state index >= 15 is 0 Å². The molecule has 1 amide bonds. The molecule has 0 saturated carbocycles. The second-order valence-electron chi connectivity index (χ2n) is 7.70. The molecule has 1 heterocycles. The number of rotatable bonds is 2. The zero-order valence-electron chi connectivity index (χ0n) is 15.6. The van der Waals surface area contributed by atoms with Gasteiger partial charge < -0.3 is 14.7 Å². The molecular formula is C21H26N2O3. The van der Waals surface area contributed by atoms with Crippen molar-refractivity contribution in [1.82, 2.24) is 4.90 Å². The summed E-state index contributed by atoms with van der Waals surface area (Å²) in [5, 5.41) is 12.6. The molecule has 1 N–H and O–H groups in total. The summed E-state index contributed by atoms with van der Waals surface area (Å²) >= 11 is 0. The van der Waals surface area contributed by atoms with Gasteiger partial charge in [0.2, 0.25) is 0 Å². The number of likely N-dealkylation sites (tertiary alicyclic amines) is 1. The van der Waals surface area contributed by atoms with Crippen LogP contribution >= 0.6 is 0 Å². The van der Waals surface area contributed by atoms with Crippen LogP contribution in [-0.4, -0.2) is 53.2 Å². The molecule has 1 aliphatic rings. The van der Waals surface area contributed by atoms with Crippen LogP contribution in [0.15, 0.2) is 47.5 Å². The highest BCUT2D eigenvalue weighted by Crippen LogP contribution is 2.20. The van der Waals surface area contributed by atoms with Crippen LogP contribution < -0.4 is 0 Å². The second-order valence-corrected chi connectivity index (χ2v) is 7.70. The van der Waals surface area contributed by atoms with Crippen LogP contribution in [0, 0.1) is 0 Å². The number of hydrogen-bond donors (Lipinski definition) is 1.